The van der Waals surface area contributed by atoms with Gasteiger partial charge in [-0.2, -0.15) is 25.2 Å². The Morgan fingerprint density at radius 1 is 1.11 bits per heavy atom. The summed E-state index contributed by atoms with van der Waals surface area (Å²) in [5, 5.41) is 25.6. The molecule has 3 saturated heterocycles. The van der Waals surface area contributed by atoms with Crippen LogP contribution in [0.15, 0.2) is 4.52 Å². The van der Waals surface area contributed by atoms with Gasteiger partial charge in [0.1, 0.15) is 23.8 Å². The molecule has 0 saturated carbocycles. The highest BCUT2D eigenvalue weighted by molar-refractivity contribution is 7.16. The van der Waals surface area contributed by atoms with E-state index in [2.05, 4.69) is 26.1 Å². The molecular weight excluding hydrogens is 585 g/mol. The first-order valence-corrected chi connectivity index (χ1v) is 16.3. The van der Waals surface area contributed by atoms with Crippen molar-refractivity contribution in [1.82, 2.24) is 30.0 Å². The average Bonchev–Trinajstić information content (AvgIpc) is 3.73. The highest BCUT2D eigenvalue weighted by Gasteiger charge is 2.49. The number of thiophene rings is 1. The van der Waals surface area contributed by atoms with Crippen LogP contribution in [0.3, 0.4) is 0 Å². The summed E-state index contributed by atoms with van der Waals surface area (Å²) in [7, 11) is 0. The average molecular weight is 624 g/mol. The lowest BCUT2D eigenvalue weighted by molar-refractivity contribution is 0.0609. The van der Waals surface area contributed by atoms with Gasteiger partial charge >= 0.3 is 6.01 Å². The number of aryl methyl sites for hydroxylation is 1. The molecule has 14 heteroatoms. The van der Waals surface area contributed by atoms with E-state index in [9.17, 15) is 14.8 Å². The molecule has 0 amide bonds. The number of alkyl halides is 1. The van der Waals surface area contributed by atoms with E-state index in [1.807, 2.05) is 18.7 Å². The molecule has 3 aromatic heterocycles. The zero-order valence-electron chi connectivity index (χ0n) is 25.2. The van der Waals surface area contributed by atoms with E-state index in [1.54, 1.807) is 0 Å². The number of β-amino-alcohol motifs (C(OH)–C–C–N with tert-alkyl or cyclic N) is 1. The number of fused-ring (bicyclic) bond motifs is 2. The van der Waals surface area contributed by atoms with E-state index in [-0.39, 0.29) is 29.8 Å². The molecule has 0 radical (unpaired) electrons. The first kappa shape index (κ1) is 29.3. The molecule has 3 aromatic rings. The van der Waals surface area contributed by atoms with Gasteiger partial charge in [-0.25, -0.2) is 4.39 Å². The van der Waals surface area contributed by atoms with Crippen LogP contribution in [-0.2, 0) is 11.8 Å². The van der Waals surface area contributed by atoms with Gasteiger partial charge in [0.2, 0.25) is 23.5 Å². The summed E-state index contributed by atoms with van der Waals surface area (Å²) in [4.78, 5) is 24.0. The van der Waals surface area contributed by atoms with Crippen LogP contribution in [0.2, 0.25) is 0 Å². The standard InChI is InChI=1S/C30H38FN9O3S/c1-28(41)8-3-4-11-39(16-28)26-35-23(36-27(37-26)42-17-30-10-6-12-40(30)15-18(31)13-30)24-34-25(43-38-24)29(2)9-5-7-20-21(29)19(14-32)22(33)44-20/h18,41H,3-13,15-17,33H2,1-2H3/t18-,28+,29+,30+/m1/s1. The largest absolute Gasteiger partial charge is 0.461 e. The van der Waals surface area contributed by atoms with E-state index in [1.165, 1.54) is 11.3 Å². The number of aliphatic hydroxyl groups is 1. The van der Waals surface area contributed by atoms with Crippen molar-refractivity contribution in [2.75, 3.05) is 43.4 Å². The van der Waals surface area contributed by atoms with Gasteiger partial charge in [-0.3, -0.25) is 4.90 Å². The summed E-state index contributed by atoms with van der Waals surface area (Å²) in [6.45, 7) is 6.40. The predicted molar refractivity (Wildman–Crippen MR) is 161 cm³/mol. The third-order valence-electron chi connectivity index (χ3n) is 9.89. The van der Waals surface area contributed by atoms with Crippen molar-refractivity contribution in [3.8, 4) is 23.7 Å². The van der Waals surface area contributed by atoms with Crippen molar-refractivity contribution in [1.29, 1.82) is 5.26 Å². The Labute approximate surface area is 259 Å². The van der Waals surface area contributed by atoms with Crippen LogP contribution in [-0.4, -0.2) is 85.2 Å². The summed E-state index contributed by atoms with van der Waals surface area (Å²) < 4.78 is 26.5. The first-order chi connectivity index (χ1) is 21.1. The van der Waals surface area contributed by atoms with Crippen LogP contribution >= 0.6 is 11.3 Å². The number of halogens is 1. The topological polar surface area (TPSA) is 163 Å². The number of hydrogen-bond donors (Lipinski definition) is 2. The number of ether oxygens (including phenoxy) is 1. The summed E-state index contributed by atoms with van der Waals surface area (Å²) in [6, 6.07) is 2.38. The van der Waals surface area contributed by atoms with E-state index in [4.69, 9.17) is 25.0 Å². The maximum absolute atomic E-state index is 14.4. The van der Waals surface area contributed by atoms with E-state index in [0.717, 1.165) is 61.9 Å². The normalized spacial score (nSPS) is 30.5. The molecule has 4 aliphatic rings. The van der Waals surface area contributed by atoms with Crippen LogP contribution in [0.25, 0.3) is 11.6 Å². The quantitative estimate of drug-likeness (QED) is 0.409. The second kappa shape index (κ2) is 10.9. The number of aromatic nitrogens is 5. The van der Waals surface area contributed by atoms with Crippen LogP contribution in [0, 0.1) is 11.3 Å². The molecule has 44 heavy (non-hydrogen) atoms. The van der Waals surface area contributed by atoms with E-state index < -0.39 is 17.2 Å². The Balaban J connectivity index is 1.25. The van der Waals surface area contributed by atoms with Crippen LogP contribution < -0.4 is 15.4 Å². The molecule has 3 aliphatic heterocycles. The van der Waals surface area contributed by atoms with Crippen LogP contribution in [0.5, 0.6) is 6.01 Å². The second-order valence-electron chi connectivity index (χ2n) is 13.3. The number of nitrogens with two attached hydrogens (primary N) is 1. The molecule has 0 aromatic carbocycles. The first-order valence-electron chi connectivity index (χ1n) is 15.5. The smallest absolute Gasteiger partial charge is 0.321 e. The van der Waals surface area contributed by atoms with Gasteiger partial charge in [-0.15, -0.1) is 11.3 Å². The maximum atomic E-state index is 14.4. The fourth-order valence-electron chi connectivity index (χ4n) is 7.70. The summed E-state index contributed by atoms with van der Waals surface area (Å²) in [5.74, 6) is 1.09. The molecule has 3 fully saturated rings. The summed E-state index contributed by atoms with van der Waals surface area (Å²) in [5.41, 5.74) is 5.59. The lowest BCUT2D eigenvalue weighted by Gasteiger charge is -2.31. The van der Waals surface area contributed by atoms with E-state index in [0.29, 0.717) is 54.9 Å². The number of nitrogen functional groups attached to an aromatic ring is 1. The molecular formula is C30H38FN9O3S. The molecule has 4 atom stereocenters. The van der Waals surface area contributed by atoms with Crippen molar-refractivity contribution in [3.63, 3.8) is 0 Å². The highest BCUT2D eigenvalue weighted by atomic mass is 32.1. The van der Waals surface area contributed by atoms with Gasteiger partial charge in [-0.05, 0) is 71.8 Å². The zero-order valence-corrected chi connectivity index (χ0v) is 26.0. The molecule has 0 unspecified atom stereocenters. The van der Waals surface area contributed by atoms with Crippen molar-refractivity contribution >= 4 is 22.3 Å². The third-order valence-corrected chi connectivity index (χ3v) is 11.0. The Kier molecular flexibility index (Phi) is 7.25. The molecule has 3 N–H and O–H groups in total. The van der Waals surface area contributed by atoms with Crippen molar-refractivity contribution in [2.24, 2.45) is 0 Å². The van der Waals surface area contributed by atoms with Crippen molar-refractivity contribution < 1.29 is 18.8 Å². The molecule has 0 bridgehead atoms. The maximum Gasteiger partial charge on any atom is 0.321 e. The Hall–Kier alpha value is -3.41. The molecule has 6 heterocycles. The third kappa shape index (κ3) is 5.08. The Morgan fingerprint density at radius 3 is 2.82 bits per heavy atom. The van der Waals surface area contributed by atoms with Crippen molar-refractivity contribution in [2.45, 2.75) is 94.4 Å². The fourth-order valence-corrected chi connectivity index (χ4v) is 8.89. The number of rotatable bonds is 6. The minimum Gasteiger partial charge on any atom is -0.461 e. The van der Waals surface area contributed by atoms with Gasteiger partial charge in [0, 0.05) is 36.5 Å². The molecule has 0 spiro atoms. The lowest BCUT2D eigenvalue weighted by atomic mass is 9.72. The predicted octanol–water partition coefficient (Wildman–Crippen LogP) is 3.78. The van der Waals surface area contributed by atoms with Gasteiger partial charge in [0.05, 0.1) is 22.1 Å². The van der Waals surface area contributed by atoms with Gasteiger partial charge < -0.3 is 25.0 Å². The lowest BCUT2D eigenvalue weighted by Crippen LogP contribution is -2.43. The van der Waals surface area contributed by atoms with Gasteiger partial charge in [-0.1, -0.05) is 5.16 Å². The number of nitrogens with zero attached hydrogens (tertiary/aromatic N) is 8. The Bertz CT molecular complexity index is 1600. The zero-order chi connectivity index (χ0) is 30.7. The summed E-state index contributed by atoms with van der Waals surface area (Å²) in [6.07, 6.45) is 6.33. The van der Waals surface area contributed by atoms with Crippen LogP contribution in [0.1, 0.15) is 87.1 Å². The summed E-state index contributed by atoms with van der Waals surface area (Å²) >= 11 is 1.45. The number of anilines is 2. The molecule has 1 aliphatic carbocycles. The SMILES string of the molecule is C[C@]1(O)CCCCN(c2nc(OC[C@@]34CCCN3C[C@H](F)C4)nc(-c3noc([C@@]4(C)CCCc5sc(N)c(C#N)c54)n3)n2)C1. The minimum atomic E-state index is -0.902. The molecule has 234 valence electrons. The van der Waals surface area contributed by atoms with Crippen LogP contribution in [0.4, 0.5) is 15.3 Å². The van der Waals surface area contributed by atoms with Crippen molar-refractivity contribution in [3.05, 3.63) is 21.9 Å². The Morgan fingerprint density at radius 2 is 1.98 bits per heavy atom. The van der Waals surface area contributed by atoms with Gasteiger partial charge in [0.25, 0.3) is 0 Å². The highest BCUT2D eigenvalue weighted by Crippen LogP contribution is 2.48. The van der Waals surface area contributed by atoms with E-state index >= 15 is 0 Å². The molecule has 7 rings (SSSR count). The number of nitriles is 1. The second-order valence-corrected chi connectivity index (χ2v) is 14.5. The molecule has 12 nitrogen and oxygen atoms in total. The minimum absolute atomic E-state index is 0.104. The van der Waals surface area contributed by atoms with Gasteiger partial charge in [0.15, 0.2) is 0 Å². The fraction of sp³-hybridized carbons (Fsp3) is 0.667. The number of hydrogen-bond acceptors (Lipinski definition) is 13. The monoisotopic (exact) mass is 623 g/mol.